The van der Waals surface area contributed by atoms with Crippen molar-refractivity contribution in [2.45, 2.75) is 6.92 Å². The molecule has 156 valence electrons. The first kappa shape index (κ1) is 20.8. The highest BCUT2D eigenvalue weighted by atomic mass is 32.2. The van der Waals surface area contributed by atoms with E-state index < -0.39 is 30.3 Å². The van der Waals surface area contributed by atoms with Crippen molar-refractivity contribution in [1.82, 2.24) is 0 Å². The molecule has 0 radical (unpaired) electrons. The molecule has 2 aromatic rings. The van der Waals surface area contributed by atoms with Crippen LogP contribution in [0.2, 0.25) is 0 Å². The standard InChI is InChI=1S/C21H14N2O6S2/c1-10-6-7-11(20(28)29)8-14(10)23-19(27)17(31-21(23)30)16-12-4-2-3-5-13(12)22(18(16)26)9-15(24)25/h2-8H,9H2,1H3,(H,24,25)(H,28,29)/b17-16-. The average Bonchev–Trinajstić information content (AvgIpc) is 3.15. The van der Waals surface area contributed by atoms with Gasteiger partial charge in [-0.3, -0.25) is 24.2 Å². The number of carbonyl (C=O) groups excluding carboxylic acids is 2. The summed E-state index contributed by atoms with van der Waals surface area (Å²) in [5, 5.41) is 18.5. The van der Waals surface area contributed by atoms with Crippen LogP contribution in [0, 0.1) is 6.92 Å². The van der Waals surface area contributed by atoms with Gasteiger partial charge in [-0.1, -0.05) is 48.2 Å². The fraction of sp³-hybridized carbons (Fsp3) is 0.0952. The number of para-hydroxylation sites is 1. The van der Waals surface area contributed by atoms with Gasteiger partial charge in [-0.15, -0.1) is 0 Å². The Morgan fingerprint density at radius 1 is 1.03 bits per heavy atom. The van der Waals surface area contributed by atoms with E-state index in [1.54, 1.807) is 37.3 Å². The van der Waals surface area contributed by atoms with E-state index in [1.165, 1.54) is 17.0 Å². The van der Waals surface area contributed by atoms with Crippen LogP contribution in [0.3, 0.4) is 0 Å². The number of aromatic carboxylic acids is 1. The van der Waals surface area contributed by atoms with Gasteiger partial charge in [0.15, 0.2) is 4.32 Å². The third kappa shape index (κ3) is 3.39. The number of amides is 2. The molecule has 2 aliphatic rings. The summed E-state index contributed by atoms with van der Waals surface area (Å²) in [6.45, 7) is 1.18. The number of aryl methyl sites for hydroxylation is 1. The minimum atomic E-state index is -1.18. The molecule has 4 rings (SSSR count). The van der Waals surface area contributed by atoms with E-state index >= 15 is 0 Å². The fourth-order valence-electron chi connectivity index (χ4n) is 3.50. The molecule has 0 saturated carbocycles. The predicted octanol–water partition coefficient (Wildman–Crippen LogP) is 2.90. The topological polar surface area (TPSA) is 115 Å². The fourth-order valence-corrected chi connectivity index (χ4v) is 4.86. The van der Waals surface area contributed by atoms with Gasteiger partial charge >= 0.3 is 11.9 Å². The number of aliphatic carboxylic acids is 1. The van der Waals surface area contributed by atoms with Gasteiger partial charge in [-0.25, -0.2) is 4.79 Å². The third-order valence-electron chi connectivity index (χ3n) is 4.91. The summed E-state index contributed by atoms with van der Waals surface area (Å²) in [6, 6.07) is 11.0. The summed E-state index contributed by atoms with van der Waals surface area (Å²) < 4.78 is 0.153. The summed E-state index contributed by atoms with van der Waals surface area (Å²) in [4.78, 5) is 51.5. The molecule has 0 aromatic heterocycles. The Bertz CT molecular complexity index is 1240. The van der Waals surface area contributed by atoms with Crippen LogP contribution in [-0.2, 0) is 14.4 Å². The lowest BCUT2D eigenvalue weighted by atomic mass is 10.1. The molecule has 2 heterocycles. The number of benzene rings is 2. The predicted molar refractivity (Wildman–Crippen MR) is 119 cm³/mol. The molecule has 2 amide bonds. The van der Waals surface area contributed by atoms with Crippen molar-refractivity contribution in [3.63, 3.8) is 0 Å². The molecule has 2 aliphatic heterocycles. The first-order valence-corrected chi connectivity index (χ1v) is 10.2. The second-order valence-electron chi connectivity index (χ2n) is 6.82. The van der Waals surface area contributed by atoms with E-state index in [0.29, 0.717) is 22.5 Å². The largest absolute Gasteiger partial charge is 0.480 e. The SMILES string of the molecule is Cc1ccc(C(=O)O)cc1N1C(=O)/C(=C2/C(=O)N(CC(=O)O)c3ccccc32)SC1=S. The maximum atomic E-state index is 13.3. The lowest BCUT2D eigenvalue weighted by Crippen LogP contribution is -2.33. The first-order chi connectivity index (χ1) is 14.7. The highest BCUT2D eigenvalue weighted by molar-refractivity contribution is 8.27. The number of carboxylic acid groups (broad SMARTS) is 2. The number of thiocarbonyl (C=S) groups is 1. The number of rotatable bonds is 4. The van der Waals surface area contributed by atoms with Gasteiger partial charge in [0.1, 0.15) is 6.54 Å². The molecule has 2 N–H and O–H groups in total. The summed E-state index contributed by atoms with van der Waals surface area (Å²) in [7, 11) is 0. The Labute approximate surface area is 185 Å². The van der Waals surface area contributed by atoms with Gasteiger partial charge in [0, 0.05) is 5.56 Å². The number of fused-ring (bicyclic) bond motifs is 1. The summed E-state index contributed by atoms with van der Waals surface area (Å²) in [6.07, 6.45) is 0. The number of hydrogen-bond acceptors (Lipinski definition) is 6. The Hall–Kier alpha value is -3.50. The third-order valence-corrected chi connectivity index (χ3v) is 6.28. The summed E-state index contributed by atoms with van der Waals surface area (Å²) in [5.74, 6) is -3.48. The smallest absolute Gasteiger partial charge is 0.335 e. The molecule has 0 spiro atoms. The average molecular weight is 454 g/mol. The number of carbonyl (C=O) groups is 4. The Kier molecular flexibility index (Phi) is 5.11. The van der Waals surface area contributed by atoms with Crippen LogP contribution in [0.4, 0.5) is 11.4 Å². The summed E-state index contributed by atoms with van der Waals surface area (Å²) >= 11 is 6.31. The van der Waals surface area contributed by atoms with Crippen molar-refractivity contribution in [3.05, 3.63) is 64.1 Å². The number of nitrogens with zero attached hydrogens (tertiary/aromatic N) is 2. The lowest BCUT2D eigenvalue weighted by Gasteiger charge is -2.18. The molecule has 31 heavy (non-hydrogen) atoms. The van der Waals surface area contributed by atoms with Gasteiger partial charge in [0.2, 0.25) is 0 Å². The van der Waals surface area contributed by atoms with Crippen molar-refractivity contribution in [2.24, 2.45) is 0 Å². The molecule has 10 heteroatoms. The van der Waals surface area contributed by atoms with Crippen LogP contribution in [-0.4, -0.2) is 44.8 Å². The second-order valence-corrected chi connectivity index (χ2v) is 8.47. The highest BCUT2D eigenvalue weighted by Gasteiger charge is 2.43. The number of thioether (sulfide) groups is 1. The van der Waals surface area contributed by atoms with E-state index in [0.717, 1.165) is 16.7 Å². The van der Waals surface area contributed by atoms with Crippen molar-refractivity contribution in [3.8, 4) is 0 Å². The van der Waals surface area contributed by atoms with E-state index in [1.807, 2.05) is 0 Å². The quantitative estimate of drug-likeness (QED) is 0.535. The van der Waals surface area contributed by atoms with E-state index in [2.05, 4.69) is 0 Å². The van der Waals surface area contributed by atoms with Crippen LogP contribution in [0.25, 0.3) is 5.57 Å². The van der Waals surface area contributed by atoms with E-state index in [4.69, 9.17) is 12.2 Å². The van der Waals surface area contributed by atoms with Gasteiger partial charge in [-0.2, -0.15) is 0 Å². The minimum absolute atomic E-state index is 0.00257. The second kappa shape index (κ2) is 7.64. The lowest BCUT2D eigenvalue weighted by molar-refractivity contribution is -0.136. The van der Waals surface area contributed by atoms with Crippen LogP contribution in [0.5, 0.6) is 0 Å². The molecule has 0 unspecified atom stereocenters. The van der Waals surface area contributed by atoms with Crippen LogP contribution in [0.1, 0.15) is 21.5 Å². The molecule has 2 aromatic carbocycles. The van der Waals surface area contributed by atoms with Crippen molar-refractivity contribution in [1.29, 1.82) is 0 Å². The number of carboxylic acids is 2. The minimum Gasteiger partial charge on any atom is -0.480 e. The van der Waals surface area contributed by atoms with Gasteiger partial charge in [0.25, 0.3) is 11.8 Å². The monoisotopic (exact) mass is 454 g/mol. The zero-order valence-corrected chi connectivity index (χ0v) is 17.6. The number of hydrogen-bond donors (Lipinski definition) is 2. The molecule has 1 fully saturated rings. The van der Waals surface area contributed by atoms with Gasteiger partial charge in [-0.05, 0) is 30.7 Å². The number of anilines is 2. The zero-order chi connectivity index (χ0) is 22.4. The van der Waals surface area contributed by atoms with Crippen LogP contribution < -0.4 is 9.80 Å². The van der Waals surface area contributed by atoms with Crippen molar-refractivity contribution in [2.75, 3.05) is 16.3 Å². The van der Waals surface area contributed by atoms with Gasteiger partial charge in [0.05, 0.1) is 27.4 Å². The van der Waals surface area contributed by atoms with E-state index in [9.17, 15) is 29.4 Å². The maximum Gasteiger partial charge on any atom is 0.335 e. The maximum absolute atomic E-state index is 13.3. The van der Waals surface area contributed by atoms with E-state index in [-0.39, 0.29) is 20.4 Å². The van der Waals surface area contributed by atoms with Crippen molar-refractivity contribution >= 4 is 69.0 Å². The first-order valence-electron chi connectivity index (χ1n) is 8.98. The normalized spacial score (nSPS) is 18.0. The Morgan fingerprint density at radius 2 is 1.74 bits per heavy atom. The molecule has 1 saturated heterocycles. The molecule has 0 aliphatic carbocycles. The summed E-state index contributed by atoms with van der Waals surface area (Å²) in [5.41, 5.74) is 1.89. The molecular weight excluding hydrogens is 440 g/mol. The molecule has 0 atom stereocenters. The zero-order valence-electron chi connectivity index (χ0n) is 16.0. The Balaban J connectivity index is 1.84. The Morgan fingerprint density at radius 3 is 2.42 bits per heavy atom. The van der Waals surface area contributed by atoms with Crippen LogP contribution in [0.15, 0.2) is 47.4 Å². The molecular formula is C21H14N2O6S2. The molecule has 0 bridgehead atoms. The van der Waals surface area contributed by atoms with Gasteiger partial charge < -0.3 is 10.2 Å². The molecule has 8 nitrogen and oxygen atoms in total. The van der Waals surface area contributed by atoms with Crippen LogP contribution >= 0.6 is 24.0 Å². The highest BCUT2D eigenvalue weighted by Crippen LogP contribution is 2.45. The van der Waals surface area contributed by atoms with Crippen molar-refractivity contribution < 1.29 is 29.4 Å².